The van der Waals surface area contributed by atoms with Gasteiger partial charge in [0.15, 0.2) is 12.2 Å². The van der Waals surface area contributed by atoms with Crippen LogP contribution in [0.5, 0.6) is 5.75 Å². The molecular formula is C15H17BrN2O5. The van der Waals surface area contributed by atoms with Gasteiger partial charge in [0.25, 0.3) is 5.91 Å². The number of nitrogens with one attached hydrogen (secondary N) is 1. The van der Waals surface area contributed by atoms with Crippen molar-refractivity contribution >= 4 is 33.8 Å². The summed E-state index contributed by atoms with van der Waals surface area (Å²) in [5.74, 6) is -0.715. The fourth-order valence-electron chi connectivity index (χ4n) is 1.99. The molecule has 0 saturated carbocycles. The first-order chi connectivity index (χ1) is 10.9. The van der Waals surface area contributed by atoms with Crippen molar-refractivity contribution in [3.8, 4) is 5.75 Å². The van der Waals surface area contributed by atoms with Crippen LogP contribution in [-0.4, -0.2) is 48.1 Å². The molecule has 7 nitrogen and oxygen atoms in total. The van der Waals surface area contributed by atoms with Gasteiger partial charge in [0.2, 0.25) is 0 Å². The van der Waals surface area contributed by atoms with Gasteiger partial charge in [-0.25, -0.2) is 9.59 Å². The number of hydrogen-bond acceptors (Lipinski definition) is 5. The molecule has 0 bridgehead atoms. The quantitative estimate of drug-likeness (QED) is 0.780. The standard InChI is InChI=1S/C15H17BrN2O5/c1-9(13(19)18-8-7-17-15(18)21)23-14(20)10(2)22-12-5-3-11(16)4-6-12/h3-6,9-10H,7-8H2,1-2H3,(H,17,21)/t9-,10-/m1/s1. The Labute approximate surface area is 142 Å². The zero-order valence-corrected chi connectivity index (χ0v) is 14.3. The molecule has 23 heavy (non-hydrogen) atoms. The highest BCUT2D eigenvalue weighted by Crippen LogP contribution is 2.18. The Morgan fingerprint density at radius 3 is 2.43 bits per heavy atom. The van der Waals surface area contributed by atoms with E-state index in [4.69, 9.17) is 9.47 Å². The summed E-state index contributed by atoms with van der Waals surface area (Å²) >= 11 is 3.30. The zero-order valence-electron chi connectivity index (χ0n) is 12.7. The third-order valence-electron chi connectivity index (χ3n) is 3.22. The Morgan fingerprint density at radius 2 is 1.87 bits per heavy atom. The number of esters is 1. The molecule has 1 aliphatic rings. The van der Waals surface area contributed by atoms with Crippen LogP contribution < -0.4 is 10.1 Å². The highest BCUT2D eigenvalue weighted by atomic mass is 79.9. The number of hydrogen-bond donors (Lipinski definition) is 1. The average Bonchev–Trinajstić information content (AvgIpc) is 2.94. The maximum absolute atomic E-state index is 12.1. The Morgan fingerprint density at radius 1 is 1.22 bits per heavy atom. The Balaban J connectivity index is 1.88. The van der Waals surface area contributed by atoms with E-state index in [0.29, 0.717) is 12.3 Å². The number of imide groups is 1. The van der Waals surface area contributed by atoms with Gasteiger partial charge >= 0.3 is 12.0 Å². The van der Waals surface area contributed by atoms with Gasteiger partial charge in [-0.05, 0) is 38.1 Å². The number of ether oxygens (including phenoxy) is 2. The van der Waals surface area contributed by atoms with E-state index in [2.05, 4.69) is 21.2 Å². The first-order valence-electron chi connectivity index (χ1n) is 7.10. The molecule has 8 heteroatoms. The minimum Gasteiger partial charge on any atom is -0.479 e. The summed E-state index contributed by atoms with van der Waals surface area (Å²) in [5.41, 5.74) is 0. The summed E-state index contributed by atoms with van der Waals surface area (Å²) in [6, 6.07) is 6.50. The zero-order chi connectivity index (χ0) is 17.0. The van der Waals surface area contributed by atoms with Crippen LogP contribution in [0.25, 0.3) is 0 Å². The minimum absolute atomic E-state index is 0.268. The van der Waals surface area contributed by atoms with E-state index in [1.54, 1.807) is 24.3 Å². The summed E-state index contributed by atoms with van der Waals surface area (Å²) in [5, 5.41) is 2.52. The van der Waals surface area contributed by atoms with Crippen LogP contribution in [0.1, 0.15) is 13.8 Å². The van der Waals surface area contributed by atoms with Gasteiger partial charge in [-0.2, -0.15) is 0 Å². The van der Waals surface area contributed by atoms with E-state index in [1.165, 1.54) is 13.8 Å². The molecule has 0 unspecified atom stereocenters. The van der Waals surface area contributed by atoms with Crippen LogP contribution in [0, 0.1) is 0 Å². The van der Waals surface area contributed by atoms with Crippen LogP contribution >= 0.6 is 15.9 Å². The summed E-state index contributed by atoms with van der Waals surface area (Å²) in [6.45, 7) is 3.63. The second kappa shape index (κ2) is 7.45. The highest BCUT2D eigenvalue weighted by molar-refractivity contribution is 9.10. The normalized spacial score (nSPS) is 16.5. The van der Waals surface area contributed by atoms with Crippen molar-refractivity contribution in [3.05, 3.63) is 28.7 Å². The monoisotopic (exact) mass is 384 g/mol. The van der Waals surface area contributed by atoms with Crippen LogP contribution in [0.15, 0.2) is 28.7 Å². The molecule has 1 aromatic rings. The van der Waals surface area contributed by atoms with Crippen LogP contribution in [0.2, 0.25) is 0 Å². The summed E-state index contributed by atoms with van der Waals surface area (Å²) < 4.78 is 11.4. The van der Waals surface area contributed by atoms with E-state index in [0.717, 1.165) is 9.37 Å². The molecule has 1 N–H and O–H groups in total. The van der Waals surface area contributed by atoms with Crippen LogP contribution in [0.4, 0.5) is 4.79 Å². The largest absolute Gasteiger partial charge is 0.479 e. The van der Waals surface area contributed by atoms with E-state index < -0.39 is 30.1 Å². The number of benzene rings is 1. The number of halogens is 1. The van der Waals surface area contributed by atoms with Crippen molar-refractivity contribution in [2.45, 2.75) is 26.1 Å². The van der Waals surface area contributed by atoms with Gasteiger partial charge < -0.3 is 14.8 Å². The van der Waals surface area contributed by atoms with Crippen molar-refractivity contribution in [1.82, 2.24) is 10.2 Å². The first kappa shape index (κ1) is 17.3. The summed E-state index contributed by atoms with van der Waals surface area (Å²) in [4.78, 5) is 36.5. The number of rotatable bonds is 5. The number of urea groups is 1. The maximum atomic E-state index is 12.1. The Bertz CT molecular complexity index is 604. The van der Waals surface area contributed by atoms with E-state index >= 15 is 0 Å². The van der Waals surface area contributed by atoms with Gasteiger partial charge in [-0.3, -0.25) is 9.69 Å². The third kappa shape index (κ3) is 4.44. The summed E-state index contributed by atoms with van der Waals surface area (Å²) in [6.07, 6.45) is -1.93. The molecule has 1 fully saturated rings. The molecule has 0 spiro atoms. The van der Waals surface area contributed by atoms with Crippen LogP contribution in [-0.2, 0) is 14.3 Å². The Kier molecular flexibility index (Phi) is 5.59. The van der Waals surface area contributed by atoms with Gasteiger partial charge in [0, 0.05) is 17.6 Å². The smallest absolute Gasteiger partial charge is 0.347 e. The predicted molar refractivity (Wildman–Crippen MR) is 84.9 cm³/mol. The third-order valence-corrected chi connectivity index (χ3v) is 3.75. The van der Waals surface area contributed by atoms with Crippen molar-refractivity contribution < 1.29 is 23.9 Å². The molecule has 124 valence electrons. The molecule has 0 radical (unpaired) electrons. The van der Waals surface area contributed by atoms with Crippen molar-refractivity contribution in [2.24, 2.45) is 0 Å². The first-order valence-corrected chi connectivity index (χ1v) is 7.89. The van der Waals surface area contributed by atoms with Crippen molar-refractivity contribution in [1.29, 1.82) is 0 Å². The second-order valence-electron chi connectivity index (χ2n) is 5.01. The molecule has 1 heterocycles. The van der Waals surface area contributed by atoms with Crippen molar-refractivity contribution in [2.75, 3.05) is 13.1 Å². The van der Waals surface area contributed by atoms with Crippen LogP contribution in [0.3, 0.4) is 0 Å². The fourth-order valence-corrected chi connectivity index (χ4v) is 2.25. The predicted octanol–water partition coefficient (Wildman–Crippen LogP) is 1.70. The van der Waals surface area contributed by atoms with E-state index in [1.807, 2.05) is 0 Å². The molecule has 0 aliphatic carbocycles. The minimum atomic E-state index is -1.05. The number of nitrogens with zero attached hydrogens (tertiary/aromatic N) is 1. The fraction of sp³-hybridized carbons (Fsp3) is 0.400. The molecule has 3 amide bonds. The van der Waals surface area contributed by atoms with Gasteiger partial charge in [0.1, 0.15) is 5.75 Å². The lowest BCUT2D eigenvalue weighted by Gasteiger charge is -2.20. The topological polar surface area (TPSA) is 84.9 Å². The number of carbonyl (C=O) groups is 3. The molecule has 1 aromatic carbocycles. The lowest BCUT2D eigenvalue weighted by Crippen LogP contribution is -2.43. The molecule has 0 aromatic heterocycles. The van der Waals surface area contributed by atoms with Gasteiger partial charge in [-0.15, -0.1) is 0 Å². The highest BCUT2D eigenvalue weighted by Gasteiger charge is 2.32. The summed E-state index contributed by atoms with van der Waals surface area (Å²) in [7, 11) is 0. The molecular weight excluding hydrogens is 368 g/mol. The van der Waals surface area contributed by atoms with Crippen molar-refractivity contribution in [3.63, 3.8) is 0 Å². The van der Waals surface area contributed by atoms with E-state index in [9.17, 15) is 14.4 Å². The molecule has 2 atom stereocenters. The van der Waals surface area contributed by atoms with Gasteiger partial charge in [0.05, 0.1) is 0 Å². The number of amides is 3. The second-order valence-corrected chi connectivity index (χ2v) is 5.93. The Hall–Kier alpha value is -2.09. The lowest BCUT2D eigenvalue weighted by molar-refractivity contribution is -0.163. The molecule has 2 rings (SSSR count). The average molecular weight is 385 g/mol. The van der Waals surface area contributed by atoms with Gasteiger partial charge in [-0.1, -0.05) is 15.9 Å². The maximum Gasteiger partial charge on any atom is 0.347 e. The SMILES string of the molecule is C[C@@H](Oc1ccc(Br)cc1)C(=O)O[C@H](C)C(=O)N1CCNC1=O. The number of carbonyl (C=O) groups excluding carboxylic acids is 3. The molecule has 1 aliphatic heterocycles. The lowest BCUT2D eigenvalue weighted by atomic mass is 10.3. The van der Waals surface area contributed by atoms with E-state index in [-0.39, 0.29) is 6.54 Å². The molecule has 1 saturated heterocycles.